The van der Waals surface area contributed by atoms with Crippen LogP contribution in [0, 0.1) is 5.92 Å². The number of hydrogen-bond donors (Lipinski definition) is 4. The third-order valence-corrected chi connectivity index (χ3v) is 9.67. The Balaban J connectivity index is 1.49. The molecule has 5 N–H and O–H groups in total. The molecule has 2 amide bonds. The highest BCUT2D eigenvalue weighted by Gasteiger charge is 2.40. The van der Waals surface area contributed by atoms with E-state index in [0.717, 1.165) is 28.7 Å². The fourth-order valence-electron chi connectivity index (χ4n) is 4.97. The first-order valence-electron chi connectivity index (χ1n) is 14.2. The first-order chi connectivity index (χ1) is 21.2. The van der Waals surface area contributed by atoms with Gasteiger partial charge in [-0.2, -0.15) is 13.2 Å². The second-order valence-electron chi connectivity index (χ2n) is 11.1. The number of ether oxygens (including phenoxy) is 1. The second kappa shape index (κ2) is 13.9. The Bertz CT molecular complexity index is 1590. The molecule has 4 rings (SSSR count). The second-order valence-corrected chi connectivity index (χ2v) is 13.2. The van der Waals surface area contributed by atoms with Crippen molar-refractivity contribution in [1.82, 2.24) is 10.6 Å². The van der Waals surface area contributed by atoms with Crippen molar-refractivity contribution in [3.05, 3.63) is 90.0 Å². The summed E-state index contributed by atoms with van der Waals surface area (Å²) in [6.07, 6.45) is -8.16. The molecule has 1 fully saturated rings. The lowest BCUT2D eigenvalue weighted by atomic mass is 10.0. The molecule has 3 aromatic rings. The third-order valence-electron chi connectivity index (χ3n) is 7.36. The van der Waals surface area contributed by atoms with E-state index in [1.807, 2.05) is 0 Å². The maximum atomic E-state index is 13.4. The van der Waals surface area contributed by atoms with Crippen LogP contribution >= 0.6 is 0 Å². The molecule has 0 bridgehead atoms. The fraction of sp³-hybridized carbons (Fsp3) is 0.355. The van der Waals surface area contributed by atoms with Crippen LogP contribution in [0.25, 0.3) is 0 Å². The summed E-state index contributed by atoms with van der Waals surface area (Å²) in [5.74, 6) is -1.17. The highest BCUT2D eigenvalue weighted by Crippen LogP contribution is 2.33. The van der Waals surface area contributed by atoms with Gasteiger partial charge in [-0.05, 0) is 60.4 Å². The maximum absolute atomic E-state index is 13.4. The predicted octanol–water partition coefficient (Wildman–Crippen LogP) is 3.75. The number of nitrogen functional groups attached to an aromatic ring is 1. The normalized spacial score (nSPS) is 17.5. The SMILES string of the molecule is CC(C)[C@@H](NC[C@@H](O)[C@H](Cc1ccccc1)NC(=O)C1CN(c2cccc(C(F)(F)F)c2)C(=O)O1)S(=O)(=O)c1ccc(N)cc1. The van der Waals surface area contributed by atoms with Crippen LogP contribution in [0.4, 0.5) is 29.3 Å². The monoisotopic (exact) mass is 648 g/mol. The van der Waals surface area contributed by atoms with Crippen molar-refractivity contribution in [2.24, 2.45) is 5.92 Å². The zero-order valence-electron chi connectivity index (χ0n) is 24.6. The highest BCUT2D eigenvalue weighted by molar-refractivity contribution is 7.92. The molecule has 0 radical (unpaired) electrons. The van der Waals surface area contributed by atoms with Gasteiger partial charge in [0.05, 0.1) is 29.1 Å². The van der Waals surface area contributed by atoms with Crippen LogP contribution in [0.2, 0.25) is 0 Å². The maximum Gasteiger partial charge on any atom is 0.416 e. The zero-order chi connectivity index (χ0) is 32.9. The summed E-state index contributed by atoms with van der Waals surface area (Å²) in [7, 11) is -3.88. The largest absolute Gasteiger partial charge is 0.434 e. The van der Waals surface area contributed by atoms with Gasteiger partial charge in [0.25, 0.3) is 5.91 Å². The Morgan fingerprint density at radius 3 is 2.36 bits per heavy atom. The quantitative estimate of drug-likeness (QED) is 0.217. The number of hydrogen-bond acceptors (Lipinski definition) is 8. The van der Waals surface area contributed by atoms with Crippen molar-refractivity contribution in [1.29, 1.82) is 0 Å². The number of amides is 2. The van der Waals surface area contributed by atoms with Gasteiger partial charge in [-0.1, -0.05) is 50.2 Å². The van der Waals surface area contributed by atoms with Gasteiger partial charge in [-0.3, -0.25) is 15.0 Å². The van der Waals surface area contributed by atoms with Crippen LogP contribution in [0.5, 0.6) is 0 Å². The van der Waals surface area contributed by atoms with Crippen LogP contribution < -0.4 is 21.3 Å². The topological polar surface area (TPSA) is 151 Å². The number of nitrogens with zero attached hydrogens (tertiary/aromatic N) is 1. The standard InChI is InChI=1S/C31H35F3N4O6S/c1-19(2)29(45(42,43)24-13-11-22(35)12-14-24)36-17-26(39)25(15-20-7-4-3-5-8-20)37-28(40)27-18-38(30(41)44-27)23-10-6-9-21(16-23)31(32,33)34/h3-14,16,19,25-27,29,36,39H,15,17-18,35H2,1-2H3,(H,37,40)/t25-,26+,27?,29-/m0/s1. The van der Waals surface area contributed by atoms with Crippen LogP contribution in [0.3, 0.4) is 0 Å². The van der Waals surface area contributed by atoms with E-state index in [1.165, 1.54) is 30.3 Å². The molecular weight excluding hydrogens is 613 g/mol. The lowest BCUT2D eigenvalue weighted by molar-refractivity contribution is -0.137. The Morgan fingerprint density at radius 1 is 1.07 bits per heavy atom. The Labute approximate surface area is 259 Å². The first-order valence-corrected chi connectivity index (χ1v) is 15.7. The number of rotatable bonds is 12. The molecule has 0 aliphatic carbocycles. The van der Waals surface area contributed by atoms with Crippen LogP contribution in [-0.2, 0) is 32.0 Å². The van der Waals surface area contributed by atoms with Crippen molar-refractivity contribution >= 4 is 33.2 Å². The molecule has 14 heteroatoms. The van der Waals surface area contributed by atoms with Crippen molar-refractivity contribution in [3.63, 3.8) is 0 Å². The lowest BCUT2D eigenvalue weighted by Crippen LogP contribution is -2.54. The summed E-state index contributed by atoms with van der Waals surface area (Å²) in [6.45, 7) is 2.85. The van der Waals surface area contributed by atoms with E-state index < -0.39 is 63.1 Å². The van der Waals surface area contributed by atoms with E-state index in [4.69, 9.17) is 10.5 Å². The smallest absolute Gasteiger partial charge is 0.416 e. The number of carbonyl (C=O) groups excluding carboxylic acids is 2. The van der Waals surface area contributed by atoms with Gasteiger partial charge < -0.3 is 20.9 Å². The predicted molar refractivity (Wildman–Crippen MR) is 162 cm³/mol. The van der Waals surface area contributed by atoms with E-state index in [2.05, 4.69) is 10.6 Å². The molecule has 1 saturated heterocycles. The van der Waals surface area contributed by atoms with Crippen molar-refractivity contribution in [3.8, 4) is 0 Å². The molecule has 0 saturated carbocycles. The number of halogens is 3. The number of cyclic esters (lactones) is 1. The number of aliphatic hydroxyl groups excluding tert-OH is 1. The average Bonchev–Trinajstić information content (AvgIpc) is 3.38. The number of benzene rings is 3. The van der Waals surface area contributed by atoms with Gasteiger partial charge in [0.1, 0.15) is 5.37 Å². The molecule has 3 aromatic carbocycles. The van der Waals surface area contributed by atoms with Crippen molar-refractivity contribution < 1.29 is 41.0 Å². The fourth-order valence-corrected chi connectivity index (χ4v) is 6.82. The Kier molecular flexibility index (Phi) is 10.4. The minimum absolute atomic E-state index is 0.0555. The van der Waals surface area contributed by atoms with Gasteiger partial charge >= 0.3 is 12.3 Å². The van der Waals surface area contributed by atoms with Crippen molar-refractivity contribution in [2.45, 2.75) is 55.0 Å². The van der Waals surface area contributed by atoms with E-state index in [9.17, 15) is 36.3 Å². The van der Waals surface area contributed by atoms with Gasteiger partial charge in [0.2, 0.25) is 0 Å². The van der Waals surface area contributed by atoms with E-state index in [1.54, 1.807) is 44.2 Å². The molecule has 1 aliphatic rings. The zero-order valence-corrected chi connectivity index (χ0v) is 25.4. The summed E-state index contributed by atoms with van der Waals surface area (Å²) >= 11 is 0. The highest BCUT2D eigenvalue weighted by atomic mass is 32.2. The summed E-state index contributed by atoms with van der Waals surface area (Å²) < 4.78 is 71.6. The molecule has 1 aliphatic heterocycles. The molecule has 4 atom stereocenters. The third kappa shape index (κ3) is 8.32. The number of sulfone groups is 1. The minimum Gasteiger partial charge on any atom is -0.434 e. The summed E-state index contributed by atoms with van der Waals surface area (Å²) in [5, 5.41) is 15.8. The van der Waals surface area contributed by atoms with Gasteiger partial charge in [0, 0.05) is 17.9 Å². The lowest BCUT2D eigenvalue weighted by Gasteiger charge is -2.29. The van der Waals surface area contributed by atoms with E-state index in [-0.39, 0.29) is 30.1 Å². The molecule has 45 heavy (non-hydrogen) atoms. The number of nitrogens with one attached hydrogen (secondary N) is 2. The Hall–Kier alpha value is -4.14. The summed E-state index contributed by atoms with van der Waals surface area (Å²) in [5.41, 5.74) is 5.82. The molecule has 0 aromatic heterocycles. The number of aliphatic hydroxyl groups is 1. The van der Waals surface area contributed by atoms with Gasteiger partial charge in [-0.25, -0.2) is 13.2 Å². The average molecular weight is 649 g/mol. The molecule has 10 nitrogen and oxygen atoms in total. The van der Waals surface area contributed by atoms with Crippen LogP contribution in [-0.4, -0.2) is 62.2 Å². The van der Waals surface area contributed by atoms with E-state index >= 15 is 0 Å². The number of nitrogens with two attached hydrogens (primary N) is 1. The Morgan fingerprint density at radius 2 is 1.73 bits per heavy atom. The number of alkyl halides is 3. The summed E-state index contributed by atoms with van der Waals surface area (Å²) in [4.78, 5) is 26.8. The van der Waals surface area contributed by atoms with Crippen LogP contribution in [0.15, 0.2) is 83.8 Å². The molecule has 0 spiro atoms. The van der Waals surface area contributed by atoms with Crippen molar-refractivity contribution in [2.75, 3.05) is 23.7 Å². The number of anilines is 2. The first kappa shape index (κ1) is 33.7. The van der Waals surface area contributed by atoms with Crippen LogP contribution in [0.1, 0.15) is 25.0 Å². The number of carbonyl (C=O) groups is 2. The molecule has 242 valence electrons. The van der Waals surface area contributed by atoms with E-state index in [0.29, 0.717) is 5.69 Å². The molecular formula is C31H35F3N4O6S. The molecule has 1 unspecified atom stereocenters. The summed E-state index contributed by atoms with van der Waals surface area (Å²) in [6, 6.07) is 17.8. The van der Waals surface area contributed by atoms with Gasteiger partial charge in [0.15, 0.2) is 15.9 Å². The minimum atomic E-state index is -4.63. The van der Waals surface area contributed by atoms with Gasteiger partial charge in [-0.15, -0.1) is 0 Å². The molecule has 1 heterocycles.